The number of methoxy groups -OCH3 is 1. The molecule has 0 unspecified atom stereocenters. The third-order valence-corrected chi connectivity index (χ3v) is 5.11. The van der Waals surface area contributed by atoms with Crippen LogP contribution < -0.4 is 14.8 Å². The monoisotopic (exact) mass is 447 g/mol. The van der Waals surface area contributed by atoms with Gasteiger partial charge in [-0.15, -0.1) is 0 Å². The lowest BCUT2D eigenvalue weighted by Crippen LogP contribution is -2.25. The summed E-state index contributed by atoms with van der Waals surface area (Å²) in [4.78, 5) is 12.5. The van der Waals surface area contributed by atoms with Gasteiger partial charge in [0.15, 0.2) is 0 Å². The molecule has 0 bridgehead atoms. The van der Waals surface area contributed by atoms with Gasteiger partial charge in [-0.05, 0) is 55.8 Å². The highest BCUT2D eigenvalue weighted by Crippen LogP contribution is 2.23. The first-order valence-electron chi connectivity index (χ1n) is 9.49. The molecule has 6 nitrogen and oxygen atoms in total. The minimum Gasteiger partial charge on any atom is -0.496 e. The molecule has 2 aromatic carbocycles. The van der Waals surface area contributed by atoms with Crippen LogP contribution in [-0.2, 0) is 13.2 Å². The van der Waals surface area contributed by atoms with E-state index in [4.69, 9.17) is 32.7 Å². The van der Waals surface area contributed by atoms with Crippen molar-refractivity contribution in [3.8, 4) is 11.5 Å². The second-order valence-corrected chi connectivity index (χ2v) is 7.55. The molecule has 0 aliphatic heterocycles. The van der Waals surface area contributed by atoms with Crippen LogP contribution in [0.3, 0.4) is 0 Å². The molecule has 0 aliphatic rings. The molecule has 1 N–H and O–H groups in total. The number of aromatic nitrogens is 2. The number of amides is 1. The number of rotatable bonds is 9. The molecular weight excluding hydrogens is 425 g/mol. The molecule has 3 rings (SSSR count). The maximum absolute atomic E-state index is 12.5. The van der Waals surface area contributed by atoms with Crippen molar-refractivity contribution in [2.24, 2.45) is 0 Å². The smallest absolute Gasteiger partial charge is 0.251 e. The third-order valence-electron chi connectivity index (χ3n) is 4.49. The van der Waals surface area contributed by atoms with E-state index in [1.807, 2.05) is 6.92 Å². The minimum absolute atomic E-state index is 0.153. The van der Waals surface area contributed by atoms with E-state index in [9.17, 15) is 4.79 Å². The highest BCUT2D eigenvalue weighted by Gasteiger charge is 2.11. The van der Waals surface area contributed by atoms with Crippen LogP contribution >= 0.6 is 23.2 Å². The Morgan fingerprint density at radius 3 is 2.60 bits per heavy atom. The first kappa shape index (κ1) is 22.0. The quantitative estimate of drug-likeness (QED) is 0.473. The summed E-state index contributed by atoms with van der Waals surface area (Å²) in [6.07, 6.45) is 2.53. The third kappa shape index (κ3) is 5.90. The Morgan fingerprint density at radius 2 is 1.93 bits per heavy atom. The number of ether oxygens (including phenoxy) is 2. The second-order valence-electron chi connectivity index (χ2n) is 6.70. The lowest BCUT2D eigenvalue weighted by atomic mass is 10.1. The highest BCUT2D eigenvalue weighted by atomic mass is 35.5. The number of carbonyl (C=O) groups excluding carboxylic acids is 1. The number of aryl methyl sites for hydroxylation is 2. The van der Waals surface area contributed by atoms with Crippen LogP contribution in [0.2, 0.25) is 10.0 Å². The predicted octanol–water partition coefficient (Wildman–Crippen LogP) is 4.91. The zero-order valence-corrected chi connectivity index (χ0v) is 18.3. The molecule has 158 valence electrons. The Labute approximate surface area is 185 Å². The highest BCUT2D eigenvalue weighted by molar-refractivity contribution is 6.31. The van der Waals surface area contributed by atoms with Crippen LogP contribution in [0.15, 0.2) is 48.7 Å². The van der Waals surface area contributed by atoms with Gasteiger partial charge in [0.1, 0.15) is 18.1 Å². The van der Waals surface area contributed by atoms with Crippen molar-refractivity contribution in [3.63, 3.8) is 0 Å². The van der Waals surface area contributed by atoms with Gasteiger partial charge in [0.2, 0.25) is 0 Å². The van der Waals surface area contributed by atoms with Gasteiger partial charge in [0, 0.05) is 35.4 Å². The van der Waals surface area contributed by atoms with Gasteiger partial charge in [-0.3, -0.25) is 9.48 Å². The van der Waals surface area contributed by atoms with E-state index in [0.717, 1.165) is 17.7 Å². The van der Waals surface area contributed by atoms with E-state index >= 15 is 0 Å². The number of hydrogen-bond acceptors (Lipinski definition) is 4. The molecule has 0 saturated heterocycles. The van der Waals surface area contributed by atoms with Gasteiger partial charge in [-0.2, -0.15) is 5.10 Å². The van der Waals surface area contributed by atoms with Crippen molar-refractivity contribution < 1.29 is 14.3 Å². The summed E-state index contributed by atoms with van der Waals surface area (Å²) in [5, 5.41) is 8.52. The largest absolute Gasteiger partial charge is 0.496 e. The van der Waals surface area contributed by atoms with E-state index in [1.165, 1.54) is 0 Å². The van der Waals surface area contributed by atoms with Crippen molar-refractivity contribution >= 4 is 29.1 Å². The molecule has 1 aromatic heterocycles. The molecule has 30 heavy (non-hydrogen) atoms. The summed E-state index contributed by atoms with van der Waals surface area (Å²) in [5.41, 5.74) is 2.12. The standard InChI is InChI=1S/C22H23Cl2N3O3/c1-15-20(24)13-27(26-15)11-3-10-25-22(28)16-4-9-21(29-2)17(12-16)14-30-19-7-5-18(23)6-8-19/h4-9,12-13H,3,10-11,14H2,1-2H3,(H,25,28). The number of nitrogens with zero attached hydrogens (tertiary/aromatic N) is 2. The van der Waals surface area contributed by atoms with Gasteiger partial charge in [-0.25, -0.2) is 0 Å². The lowest BCUT2D eigenvalue weighted by molar-refractivity contribution is 0.0952. The van der Waals surface area contributed by atoms with E-state index in [1.54, 1.807) is 60.5 Å². The number of benzene rings is 2. The van der Waals surface area contributed by atoms with E-state index < -0.39 is 0 Å². The Morgan fingerprint density at radius 1 is 1.17 bits per heavy atom. The van der Waals surface area contributed by atoms with Gasteiger partial charge in [0.05, 0.1) is 17.8 Å². The Kier molecular flexibility index (Phi) is 7.60. The normalized spacial score (nSPS) is 10.7. The maximum atomic E-state index is 12.5. The fourth-order valence-corrected chi connectivity index (χ4v) is 3.15. The van der Waals surface area contributed by atoms with Crippen molar-refractivity contribution in [2.45, 2.75) is 26.5 Å². The molecule has 1 amide bonds. The fraction of sp³-hybridized carbons (Fsp3) is 0.273. The molecule has 0 saturated carbocycles. The number of carbonyl (C=O) groups is 1. The fourth-order valence-electron chi connectivity index (χ4n) is 2.88. The summed E-state index contributed by atoms with van der Waals surface area (Å²) < 4.78 is 13.0. The number of halogens is 2. The molecule has 0 fully saturated rings. The zero-order valence-electron chi connectivity index (χ0n) is 16.8. The SMILES string of the molecule is COc1ccc(C(=O)NCCCn2cc(Cl)c(C)n2)cc1COc1ccc(Cl)cc1. The van der Waals surface area contributed by atoms with Gasteiger partial charge >= 0.3 is 0 Å². The van der Waals surface area contributed by atoms with E-state index in [-0.39, 0.29) is 12.5 Å². The Hall–Kier alpha value is -2.70. The maximum Gasteiger partial charge on any atom is 0.251 e. The van der Waals surface area contributed by atoms with Crippen LogP contribution in [-0.4, -0.2) is 29.3 Å². The minimum atomic E-state index is -0.153. The molecule has 0 atom stereocenters. The van der Waals surface area contributed by atoms with Crippen molar-refractivity contribution in [3.05, 3.63) is 75.5 Å². The average Bonchev–Trinajstić information content (AvgIpc) is 3.07. The van der Waals surface area contributed by atoms with Gasteiger partial charge in [0.25, 0.3) is 5.91 Å². The Balaban J connectivity index is 1.55. The first-order valence-corrected chi connectivity index (χ1v) is 10.2. The van der Waals surface area contributed by atoms with Crippen molar-refractivity contribution in [2.75, 3.05) is 13.7 Å². The number of hydrogen-bond donors (Lipinski definition) is 1. The van der Waals surface area contributed by atoms with Gasteiger partial charge in [-0.1, -0.05) is 23.2 Å². The van der Waals surface area contributed by atoms with Crippen LogP contribution in [0.5, 0.6) is 11.5 Å². The molecule has 0 spiro atoms. The topological polar surface area (TPSA) is 65.4 Å². The van der Waals surface area contributed by atoms with Crippen LogP contribution in [0, 0.1) is 6.92 Å². The first-order chi connectivity index (χ1) is 14.5. The summed E-state index contributed by atoms with van der Waals surface area (Å²) in [6, 6.07) is 12.4. The molecule has 1 heterocycles. The molecule has 0 radical (unpaired) electrons. The summed E-state index contributed by atoms with van der Waals surface area (Å²) in [5.74, 6) is 1.19. The summed E-state index contributed by atoms with van der Waals surface area (Å²) >= 11 is 11.9. The zero-order chi connectivity index (χ0) is 21.5. The number of nitrogens with one attached hydrogen (secondary N) is 1. The average molecular weight is 448 g/mol. The summed E-state index contributed by atoms with van der Waals surface area (Å²) in [6.45, 7) is 3.33. The van der Waals surface area contributed by atoms with E-state index in [2.05, 4.69) is 10.4 Å². The molecule has 0 aliphatic carbocycles. The van der Waals surface area contributed by atoms with Crippen LogP contribution in [0.1, 0.15) is 28.0 Å². The lowest BCUT2D eigenvalue weighted by Gasteiger charge is -2.12. The molecule has 8 heteroatoms. The Bertz CT molecular complexity index is 984. The second kappa shape index (κ2) is 10.4. The van der Waals surface area contributed by atoms with E-state index in [0.29, 0.717) is 40.2 Å². The molecule has 3 aromatic rings. The summed E-state index contributed by atoms with van der Waals surface area (Å²) in [7, 11) is 1.59. The van der Waals surface area contributed by atoms with Crippen molar-refractivity contribution in [1.29, 1.82) is 0 Å². The molecular formula is C22H23Cl2N3O3. The van der Waals surface area contributed by atoms with Crippen molar-refractivity contribution in [1.82, 2.24) is 15.1 Å². The van der Waals surface area contributed by atoms with Gasteiger partial charge < -0.3 is 14.8 Å². The van der Waals surface area contributed by atoms with Crippen LogP contribution in [0.25, 0.3) is 0 Å². The predicted molar refractivity (Wildman–Crippen MR) is 118 cm³/mol. The van der Waals surface area contributed by atoms with Crippen LogP contribution in [0.4, 0.5) is 0 Å².